The highest BCUT2D eigenvalue weighted by molar-refractivity contribution is 7.07. The van der Waals surface area contributed by atoms with E-state index in [9.17, 15) is 18.4 Å². The van der Waals surface area contributed by atoms with E-state index in [1.54, 1.807) is 61.7 Å². The second kappa shape index (κ2) is 9.75. The Hall–Kier alpha value is -3.84. The molecular weight excluding hydrogens is 444 g/mol. The molecule has 4 nitrogen and oxygen atoms in total. The summed E-state index contributed by atoms with van der Waals surface area (Å²) in [6.07, 6.45) is 3.04. The minimum atomic E-state index is -0.409. The van der Waals surface area contributed by atoms with Crippen molar-refractivity contribution in [1.82, 2.24) is 4.57 Å². The highest BCUT2D eigenvalue weighted by atomic mass is 32.1. The fraction of sp³-hybridized carbons (Fsp3) is 0.0769. The molecule has 0 saturated heterocycles. The first-order chi connectivity index (χ1) is 15.9. The smallest absolute Gasteiger partial charge is 0.269 e. The third kappa shape index (κ3) is 5.32. The monoisotopic (exact) mass is 463 g/mol. The number of Topliss-reactive ketones (excluding diaryl/α,β-unsaturated/α-hetero) is 1. The molecule has 0 bridgehead atoms. The van der Waals surface area contributed by atoms with Gasteiger partial charge in [0, 0.05) is 11.6 Å². The van der Waals surface area contributed by atoms with Crippen molar-refractivity contribution in [3.8, 4) is 5.75 Å². The summed E-state index contributed by atoms with van der Waals surface area (Å²) in [5, 5.41) is 0. The Morgan fingerprint density at radius 2 is 1.73 bits per heavy atom. The van der Waals surface area contributed by atoms with E-state index in [4.69, 9.17) is 4.74 Å². The van der Waals surface area contributed by atoms with Gasteiger partial charge in [0.25, 0.3) is 5.56 Å². The van der Waals surface area contributed by atoms with Gasteiger partial charge in [0.15, 0.2) is 5.78 Å². The van der Waals surface area contributed by atoms with Crippen molar-refractivity contribution in [3.63, 3.8) is 0 Å². The molecule has 0 N–H and O–H groups in total. The zero-order valence-electron chi connectivity index (χ0n) is 17.6. The summed E-state index contributed by atoms with van der Waals surface area (Å²) < 4.78 is 34.3. The zero-order valence-corrected chi connectivity index (χ0v) is 18.4. The lowest BCUT2D eigenvalue weighted by molar-refractivity contribution is 0.106. The van der Waals surface area contributed by atoms with Gasteiger partial charge in [0.1, 0.15) is 22.0 Å². The van der Waals surface area contributed by atoms with Crippen LogP contribution < -0.4 is 19.5 Å². The van der Waals surface area contributed by atoms with E-state index in [1.165, 1.54) is 34.9 Å². The van der Waals surface area contributed by atoms with Crippen LogP contribution in [0.15, 0.2) is 77.6 Å². The van der Waals surface area contributed by atoms with Crippen molar-refractivity contribution in [2.75, 3.05) is 7.11 Å². The third-order valence-corrected chi connectivity index (χ3v) is 6.02. The molecule has 0 saturated carbocycles. The minimum Gasteiger partial charge on any atom is -0.497 e. The number of halogens is 2. The predicted octanol–water partition coefficient (Wildman–Crippen LogP) is 3.74. The van der Waals surface area contributed by atoms with Gasteiger partial charge in [-0.25, -0.2) is 8.78 Å². The average Bonchev–Trinajstić information content (AvgIpc) is 3.09. The summed E-state index contributed by atoms with van der Waals surface area (Å²) in [5.74, 6) is -0.434. The molecule has 1 aromatic heterocycles. The lowest BCUT2D eigenvalue weighted by Gasteiger charge is -2.03. The summed E-state index contributed by atoms with van der Waals surface area (Å²) in [5.41, 5.74) is 1.37. The number of ketones is 1. The molecule has 4 rings (SSSR count). The maximum atomic E-state index is 13.7. The van der Waals surface area contributed by atoms with Crippen LogP contribution in [0.3, 0.4) is 0 Å². The number of rotatable bonds is 6. The van der Waals surface area contributed by atoms with Crippen molar-refractivity contribution >= 4 is 29.3 Å². The topological polar surface area (TPSA) is 48.3 Å². The highest BCUT2D eigenvalue weighted by Gasteiger charge is 2.10. The van der Waals surface area contributed by atoms with Crippen LogP contribution in [0, 0.1) is 11.6 Å². The molecular formula is C26H19F2NO3S. The summed E-state index contributed by atoms with van der Waals surface area (Å²) >= 11 is 1.15. The van der Waals surface area contributed by atoms with Crippen LogP contribution in [0.2, 0.25) is 0 Å². The van der Waals surface area contributed by atoms with Crippen LogP contribution in [-0.4, -0.2) is 17.5 Å². The van der Waals surface area contributed by atoms with Gasteiger partial charge in [-0.15, -0.1) is 11.3 Å². The fourth-order valence-corrected chi connectivity index (χ4v) is 4.31. The van der Waals surface area contributed by atoms with Gasteiger partial charge in [-0.2, -0.15) is 0 Å². The second-order valence-electron chi connectivity index (χ2n) is 7.26. The molecule has 0 unspecified atom stereocenters. The van der Waals surface area contributed by atoms with Gasteiger partial charge in [0.05, 0.1) is 18.2 Å². The van der Waals surface area contributed by atoms with E-state index in [0.29, 0.717) is 31.6 Å². The molecule has 4 aromatic rings. The molecule has 3 aromatic carbocycles. The van der Waals surface area contributed by atoms with Gasteiger partial charge in [-0.3, -0.25) is 14.2 Å². The van der Waals surface area contributed by atoms with E-state index in [0.717, 1.165) is 11.3 Å². The van der Waals surface area contributed by atoms with E-state index >= 15 is 0 Å². The second-order valence-corrected chi connectivity index (χ2v) is 8.32. The Labute approximate surface area is 192 Å². The average molecular weight is 464 g/mol. The Morgan fingerprint density at radius 3 is 2.39 bits per heavy atom. The molecule has 0 atom stereocenters. The number of nitrogens with zero attached hydrogens (tertiary/aromatic N) is 1. The standard InChI is InChI=1S/C26H19F2NO3S/c1-32-22-11-7-19(8-12-22)23(30)15-25-29(16-18-3-2-4-21(28)13-18)26(31)24(33-25)14-17-5-9-20(27)10-6-17/h2-15H,16H2,1H3/b24-14-,25-15-. The van der Waals surface area contributed by atoms with Crippen LogP contribution >= 0.6 is 11.3 Å². The summed E-state index contributed by atoms with van der Waals surface area (Å²) in [4.78, 5) is 26.1. The van der Waals surface area contributed by atoms with Crippen molar-refractivity contribution in [2.24, 2.45) is 0 Å². The fourth-order valence-electron chi connectivity index (χ4n) is 3.27. The number of methoxy groups -OCH3 is 1. The first-order valence-electron chi connectivity index (χ1n) is 10.0. The Morgan fingerprint density at radius 1 is 1.00 bits per heavy atom. The number of thiazole rings is 1. The largest absolute Gasteiger partial charge is 0.497 e. The van der Waals surface area contributed by atoms with Crippen molar-refractivity contribution in [1.29, 1.82) is 0 Å². The van der Waals surface area contributed by atoms with Crippen LogP contribution in [0.25, 0.3) is 12.2 Å². The van der Waals surface area contributed by atoms with E-state index in [1.807, 2.05) is 0 Å². The summed E-state index contributed by atoms with van der Waals surface area (Å²) in [6.45, 7) is 0.103. The van der Waals surface area contributed by atoms with E-state index in [-0.39, 0.29) is 23.7 Å². The van der Waals surface area contributed by atoms with Crippen LogP contribution in [0.5, 0.6) is 5.75 Å². The molecule has 0 aliphatic heterocycles. The van der Waals surface area contributed by atoms with Crippen LogP contribution in [-0.2, 0) is 6.54 Å². The molecule has 0 fully saturated rings. The van der Waals surface area contributed by atoms with Crippen molar-refractivity contribution in [3.05, 3.63) is 121 Å². The predicted molar refractivity (Wildman–Crippen MR) is 125 cm³/mol. The lowest BCUT2D eigenvalue weighted by Crippen LogP contribution is -2.32. The molecule has 166 valence electrons. The third-order valence-electron chi connectivity index (χ3n) is 4.96. The highest BCUT2D eigenvalue weighted by Crippen LogP contribution is 2.12. The van der Waals surface area contributed by atoms with Crippen LogP contribution in [0.4, 0.5) is 8.78 Å². The van der Waals surface area contributed by atoms with Gasteiger partial charge < -0.3 is 4.74 Å². The Bertz CT molecular complexity index is 1470. The number of ether oxygens (including phenoxy) is 1. The van der Waals surface area contributed by atoms with Crippen molar-refractivity contribution < 1.29 is 18.3 Å². The first kappa shape index (κ1) is 22.4. The van der Waals surface area contributed by atoms with Gasteiger partial charge in [-0.05, 0) is 65.7 Å². The molecule has 7 heteroatoms. The first-order valence-corrected chi connectivity index (χ1v) is 10.9. The van der Waals surface area contributed by atoms with Gasteiger partial charge in [-0.1, -0.05) is 24.3 Å². The zero-order chi connectivity index (χ0) is 23.4. The van der Waals surface area contributed by atoms with Gasteiger partial charge in [0.2, 0.25) is 0 Å². The number of carbonyl (C=O) groups excluding carboxylic acids is 1. The van der Waals surface area contributed by atoms with Crippen molar-refractivity contribution in [2.45, 2.75) is 6.54 Å². The number of aromatic nitrogens is 1. The molecule has 0 radical (unpaired) electrons. The van der Waals surface area contributed by atoms with Gasteiger partial charge >= 0.3 is 0 Å². The molecule has 33 heavy (non-hydrogen) atoms. The SMILES string of the molecule is COc1ccc(C(=O)/C=c2\s/c(=C\c3ccc(F)cc3)c(=O)n2Cc2cccc(F)c2)cc1. The lowest BCUT2D eigenvalue weighted by atomic mass is 10.1. The number of carbonyl (C=O) groups is 1. The van der Waals surface area contributed by atoms with E-state index in [2.05, 4.69) is 0 Å². The molecule has 0 spiro atoms. The maximum absolute atomic E-state index is 13.7. The molecule has 0 amide bonds. The summed E-state index contributed by atoms with van der Waals surface area (Å²) in [6, 6.07) is 18.4. The summed E-state index contributed by atoms with van der Waals surface area (Å²) in [7, 11) is 1.54. The molecule has 0 aliphatic carbocycles. The molecule has 1 heterocycles. The van der Waals surface area contributed by atoms with E-state index < -0.39 is 5.82 Å². The molecule has 0 aliphatic rings. The van der Waals surface area contributed by atoms with Crippen LogP contribution in [0.1, 0.15) is 21.5 Å². The maximum Gasteiger partial charge on any atom is 0.269 e. The quantitative estimate of drug-likeness (QED) is 0.410. The minimum absolute atomic E-state index is 0.103. The Balaban J connectivity index is 1.82. The number of hydrogen-bond donors (Lipinski definition) is 0. The number of benzene rings is 3. The number of hydrogen-bond acceptors (Lipinski definition) is 4. The normalized spacial score (nSPS) is 12.2. The Kier molecular flexibility index (Phi) is 6.60.